The number of likely N-dealkylation sites (tertiary alicyclic amines) is 1. The second-order valence-electron chi connectivity index (χ2n) is 5.51. The van der Waals surface area contributed by atoms with Crippen LogP contribution in [0.15, 0.2) is 24.3 Å². The summed E-state index contributed by atoms with van der Waals surface area (Å²) < 4.78 is 1.28. The number of rotatable bonds is 4. The first-order valence-corrected chi connectivity index (χ1v) is 8.01. The van der Waals surface area contributed by atoms with Gasteiger partial charge in [-0.3, -0.25) is 4.79 Å². The van der Waals surface area contributed by atoms with Crippen molar-refractivity contribution in [3.05, 3.63) is 29.3 Å². The monoisotopic (exact) mass is 290 g/mol. The summed E-state index contributed by atoms with van der Waals surface area (Å²) in [7, 11) is 0. The van der Waals surface area contributed by atoms with Crippen molar-refractivity contribution in [2.45, 2.75) is 25.2 Å². The molecule has 1 aromatic heterocycles. The molecule has 0 spiro atoms. The van der Waals surface area contributed by atoms with Crippen LogP contribution in [0, 0.1) is 0 Å². The fourth-order valence-corrected chi connectivity index (χ4v) is 4.02. The number of nitrogens with two attached hydrogens (primary N) is 1. The normalized spacial score (nSPS) is 23.0. The van der Waals surface area contributed by atoms with E-state index in [1.54, 1.807) is 0 Å². The van der Waals surface area contributed by atoms with Crippen molar-refractivity contribution in [1.82, 2.24) is 4.98 Å². The van der Waals surface area contributed by atoms with Crippen molar-refractivity contribution in [2.24, 2.45) is 5.73 Å². The van der Waals surface area contributed by atoms with E-state index in [-0.39, 0.29) is 5.91 Å². The van der Waals surface area contributed by atoms with Gasteiger partial charge in [-0.2, -0.15) is 0 Å². The van der Waals surface area contributed by atoms with Gasteiger partial charge < -0.3 is 10.6 Å². The first-order valence-electron chi connectivity index (χ1n) is 7.19. The molecule has 0 saturated carbocycles. The minimum atomic E-state index is -0.189. The molecule has 0 aliphatic carbocycles. The highest BCUT2D eigenvalue weighted by atomic mass is 32.1. The van der Waals surface area contributed by atoms with Crippen LogP contribution in [0.25, 0.3) is 10.2 Å². The van der Waals surface area contributed by atoms with Gasteiger partial charge in [-0.15, -0.1) is 11.3 Å². The van der Waals surface area contributed by atoms with Crippen molar-refractivity contribution >= 4 is 27.5 Å². The molecule has 1 aromatic carbocycles. The Balaban J connectivity index is 1.61. The molecule has 0 bridgehead atoms. The maximum Gasteiger partial charge on any atom is 0.223 e. The van der Waals surface area contributed by atoms with Gasteiger partial charge in [0.05, 0.1) is 41.3 Å². The lowest BCUT2D eigenvalue weighted by Crippen LogP contribution is -3.13. The van der Waals surface area contributed by atoms with Crippen LogP contribution in [0.5, 0.6) is 0 Å². The number of benzene rings is 1. The summed E-state index contributed by atoms with van der Waals surface area (Å²) in [5.41, 5.74) is 6.33. The van der Waals surface area contributed by atoms with Gasteiger partial charge in [-0.05, 0) is 12.1 Å². The number of hydrogen-bond acceptors (Lipinski definition) is 3. The smallest absolute Gasteiger partial charge is 0.223 e. The number of thiazole rings is 1. The highest BCUT2D eigenvalue weighted by Crippen LogP contribution is 2.31. The lowest BCUT2D eigenvalue weighted by Gasteiger charge is -2.27. The maximum atomic E-state index is 10.8. The second kappa shape index (κ2) is 5.89. The number of quaternary nitrogens is 1. The highest BCUT2D eigenvalue weighted by molar-refractivity contribution is 7.18. The molecule has 1 amide bonds. The van der Waals surface area contributed by atoms with E-state index in [2.05, 4.69) is 18.2 Å². The average Bonchev–Trinajstić information content (AvgIpc) is 2.89. The van der Waals surface area contributed by atoms with Gasteiger partial charge in [0.25, 0.3) is 0 Å². The van der Waals surface area contributed by atoms with Crippen LogP contribution in [0.4, 0.5) is 0 Å². The van der Waals surface area contributed by atoms with Crippen LogP contribution >= 0.6 is 11.3 Å². The number of carbonyl (C=O) groups is 1. The molecule has 4 nitrogen and oxygen atoms in total. The summed E-state index contributed by atoms with van der Waals surface area (Å²) in [6.45, 7) is 3.11. The molecule has 20 heavy (non-hydrogen) atoms. The lowest BCUT2D eigenvalue weighted by molar-refractivity contribution is -0.904. The van der Waals surface area contributed by atoms with Gasteiger partial charge in [0.2, 0.25) is 5.91 Å². The minimum Gasteiger partial charge on any atom is -0.369 e. The summed E-state index contributed by atoms with van der Waals surface area (Å²) >= 11 is 1.83. The van der Waals surface area contributed by atoms with Crippen LogP contribution in [0.1, 0.15) is 30.2 Å². The highest BCUT2D eigenvalue weighted by Gasteiger charge is 2.25. The summed E-state index contributed by atoms with van der Waals surface area (Å²) in [6.07, 6.45) is 2.82. The van der Waals surface area contributed by atoms with E-state index in [0.717, 1.165) is 38.0 Å². The van der Waals surface area contributed by atoms with Gasteiger partial charge in [0.1, 0.15) is 0 Å². The van der Waals surface area contributed by atoms with Gasteiger partial charge in [-0.1, -0.05) is 12.1 Å². The quantitative estimate of drug-likeness (QED) is 0.880. The Kier molecular flexibility index (Phi) is 3.98. The fourth-order valence-electron chi connectivity index (χ4n) is 2.89. The van der Waals surface area contributed by atoms with E-state index in [1.807, 2.05) is 17.4 Å². The van der Waals surface area contributed by atoms with Crippen molar-refractivity contribution in [1.29, 1.82) is 0 Å². The van der Waals surface area contributed by atoms with E-state index in [1.165, 1.54) is 14.6 Å². The Hall–Kier alpha value is -1.46. The maximum absolute atomic E-state index is 10.8. The third-order valence-corrected chi connectivity index (χ3v) is 5.28. The summed E-state index contributed by atoms with van der Waals surface area (Å²) in [4.78, 5) is 17.1. The third kappa shape index (κ3) is 2.99. The second-order valence-corrected chi connectivity index (χ2v) is 6.57. The van der Waals surface area contributed by atoms with Crippen LogP contribution < -0.4 is 10.6 Å². The number of fused-ring (bicyclic) bond motifs is 1. The molecule has 1 saturated heterocycles. The molecule has 2 aromatic rings. The molecule has 0 radical (unpaired) electrons. The molecule has 3 N–H and O–H groups in total. The number of primary amides is 1. The molecular formula is C15H20N3OS+. The van der Waals surface area contributed by atoms with Crippen molar-refractivity contribution < 1.29 is 9.69 Å². The molecule has 0 atom stereocenters. The molecule has 0 unspecified atom stereocenters. The standard InChI is InChI=1S/C15H19N3OS/c16-14(19)7-10-18-8-5-11(6-9-18)15-17-12-3-1-2-4-13(12)20-15/h1-4,11H,5-10H2,(H2,16,19)/p+1. The Morgan fingerprint density at radius 3 is 2.80 bits per heavy atom. The average molecular weight is 290 g/mol. The van der Waals surface area contributed by atoms with E-state index in [4.69, 9.17) is 10.7 Å². The minimum absolute atomic E-state index is 0.189. The number of nitrogens with one attached hydrogen (secondary N) is 1. The van der Waals surface area contributed by atoms with E-state index < -0.39 is 0 Å². The number of para-hydroxylation sites is 1. The zero-order valence-electron chi connectivity index (χ0n) is 11.5. The molecule has 2 heterocycles. The molecule has 3 rings (SSSR count). The summed E-state index contributed by atoms with van der Waals surface area (Å²) in [6, 6.07) is 8.34. The number of nitrogens with zero attached hydrogens (tertiary/aromatic N) is 1. The van der Waals surface area contributed by atoms with Gasteiger partial charge in [0.15, 0.2) is 0 Å². The van der Waals surface area contributed by atoms with Crippen molar-refractivity contribution in [3.63, 3.8) is 0 Å². The molecular weight excluding hydrogens is 270 g/mol. The molecule has 1 aliphatic heterocycles. The largest absolute Gasteiger partial charge is 0.369 e. The Morgan fingerprint density at radius 1 is 1.35 bits per heavy atom. The predicted octanol–water partition coefficient (Wildman–Crippen LogP) is 0.934. The summed E-state index contributed by atoms with van der Waals surface area (Å²) in [5.74, 6) is 0.399. The molecule has 106 valence electrons. The van der Waals surface area contributed by atoms with Crippen LogP contribution in [-0.4, -0.2) is 30.5 Å². The number of carbonyl (C=O) groups excluding carboxylic acids is 1. The lowest BCUT2D eigenvalue weighted by atomic mass is 9.97. The topological polar surface area (TPSA) is 60.4 Å². The Bertz CT molecular complexity index is 569. The van der Waals surface area contributed by atoms with Gasteiger partial charge >= 0.3 is 0 Å². The van der Waals surface area contributed by atoms with E-state index >= 15 is 0 Å². The zero-order valence-corrected chi connectivity index (χ0v) is 12.3. The molecule has 1 aliphatic rings. The van der Waals surface area contributed by atoms with Crippen molar-refractivity contribution in [2.75, 3.05) is 19.6 Å². The predicted molar refractivity (Wildman–Crippen MR) is 81.0 cm³/mol. The number of piperidine rings is 1. The Labute approximate surface area is 122 Å². The van der Waals surface area contributed by atoms with Crippen LogP contribution in [0.2, 0.25) is 0 Å². The molecule has 1 fully saturated rings. The number of hydrogen-bond donors (Lipinski definition) is 2. The summed E-state index contributed by atoms with van der Waals surface area (Å²) in [5, 5.41) is 1.28. The zero-order chi connectivity index (χ0) is 13.9. The van der Waals surface area contributed by atoms with Crippen LogP contribution in [-0.2, 0) is 4.79 Å². The van der Waals surface area contributed by atoms with Crippen LogP contribution in [0.3, 0.4) is 0 Å². The first kappa shape index (κ1) is 13.5. The number of amides is 1. The number of aromatic nitrogens is 1. The van der Waals surface area contributed by atoms with Crippen molar-refractivity contribution in [3.8, 4) is 0 Å². The van der Waals surface area contributed by atoms with E-state index in [9.17, 15) is 4.79 Å². The molecule has 5 heteroatoms. The SMILES string of the molecule is NC(=O)CC[NH+]1CCC(c2nc3ccccc3s2)CC1. The fraction of sp³-hybridized carbons (Fsp3) is 0.467. The van der Waals surface area contributed by atoms with E-state index in [0.29, 0.717) is 12.3 Å². The third-order valence-electron chi connectivity index (χ3n) is 4.08. The van der Waals surface area contributed by atoms with Gasteiger partial charge in [0, 0.05) is 18.8 Å². The Morgan fingerprint density at radius 2 is 2.10 bits per heavy atom. The van der Waals surface area contributed by atoms with Gasteiger partial charge in [-0.25, -0.2) is 4.98 Å². The first-order chi connectivity index (χ1) is 9.72.